The molecule has 1 aromatic rings. The van der Waals surface area contributed by atoms with Crippen LogP contribution in [0.25, 0.3) is 0 Å². The van der Waals surface area contributed by atoms with Crippen LogP contribution in [0.15, 0.2) is 6.07 Å². The van der Waals surface area contributed by atoms with Gasteiger partial charge >= 0.3 is 0 Å². The van der Waals surface area contributed by atoms with Gasteiger partial charge in [-0.1, -0.05) is 0 Å². The molecule has 0 saturated carbocycles. The SMILES string of the molecule is Cc1cc(N2CCNC(C)C2)c(C(N)=O)c(C)n1. The highest BCUT2D eigenvalue weighted by molar-refractivity contribution is 5.99. The Morgan fingerprint density at radius 3 is 2.89 bits per heavy atom. The van der Waals surface area contributed by atoms with Crippen molar-refractivity contribution in [3.63, 3.8) is 0 Å². The predicted octanol–water partition coefficient (Wildman–Crippen LogP) is 0.595. The second kappa shape index (κ2) is 4.94. The minimum absolute atomic E-state index is 0.402. The van der Waals surface area contributed by atoms with Crippen molar-refractivity contribution in [2.24, 2.45) is 5.73 Å². The number of hydrogen-bond donors (Lipinski definition) is 2. The lowest BCUT2D eigenvalue weighted by Gasteiger charge is -2.34. The van der Waals surface area contributed by atoms with Gasteiger partial charge in [-0.2, -0.15) is 0 Å². The topological polar surface area (TPSA) is 71.2 Å². The highest BCUT2D eigenvalue weighted by Crippen LogP contribution is 2.24. The van der Waals surface area contributed by atoms with Crippen molar-refractivity contribution in [1.29, 1.82) is 0 Å². The van der Waals surface area contributed by atoms with Gasteiger partial charge in [-0.3, -0.25) is 9.78 Å². The fraction of sp³-hybridized carbons (Fsp3) is 0.538. The van der Waals surface area contributed by atoms with Crippen molar-refractivity contribution >= 4 is 11.6 Å². The number of carbonyl (C=O) groups excluding carboxylic acids is 1. The summed E-state index contributed by atoms with van der Waals surface area (Å²) in [5, 5.41) is 3.39. The smallest absolute Gasteiger partial charge is 0.252 e. The summed E-state index contributed by atoms with van der Waals surface area (Å²) in [7, 11) is 0. The number of hydrogen-bond acceptors (Lipinski definition) is 4. The first-order valence-corrected chi connectivity index (χ1v) is 6.25. The van der Waals surface area contributed by atoms with E-state index in [2.05, 4.69) is 22.1 Å². The van der Waals surface area contributed by atoms with Crippen LogP contribution in [0.1, 0.15) is 28.7 Å². The van der Waals surface area contributed by atoms with Crippen LogP contribution in [0.2, 0.25) is 0 Å². The molecular weight excluding hydrogens is 228 g/mol. The Bertz CT molecular complexity index is 472. The lowest BCUT2D eigenvalue weighted by Crippen LogP contribution is -2.49. The van der Waals surface area contributed by atoms with Crippen molar-refractivity contribution in [3.8, 4) is 0 Å². The summed E-state index contributed by atoms with van der Waals surface area (Å²) in [6.45, 7) is 8.59. The van der Waals surface area contributed by atoms with E-state index in [0.29, 0.717) is 17.3 Å². The number of anilines is 1. The van der Waals surface area contributed by atoms with Crippen LogP contribution in [0.4, 0.5) is 5.69 Å². The normalized spacial score (nSPS) is 19.9. The average molecular weight is 248 g/mol. The van der Waals surface area contributed by atoms with Crippen LogP contribution in [-0.2, 0) is 0 Å². The predicted molar refractivity (Wildman–Crippen MR) is 71.9 cm³/mol. The van der Waals surface area contributed by atoms with Gasteiger partial charge in [0.1, 0.15) is 0 Å². The average Bonchev–Trinajstić information content (AvgIpc) is 2.27. The lowest BCUT2D eigenvalue weighted by atomic mass is 10.1. The summed E-state index contributed by atoms with van der Waals surface area (Å²) in [6.07, 6.45) is 0. The van der Waals surface area contributed by atoms with Gasteiger partial charge in [-0.05, 0) is 26.8 Å². The highest BCUT2D eigenvalue weighted by atomic mass is 16.1. The van der Waals surface area contributed by atoms with Crippen LogP contribution in [0, 0.1) is 13.8 Å². The third-order valence-corrected chi connectivity index (χ3v) is 3.26. The van der Waals surface area contributed by atoms with E-state index in [0.717, 1.165) is 31.0 Å². The zero-order valence-electron chi connectivity index (χ0n) is 11.2. The summed E-state index contributed by atoms with van der Waals surface area (Å²) >= 11 is 0. The molecule has 0 aromatic carbocycles. The van der Waals surface area contributed by atoms with Gasteiger partial charge in [0, 0.05) is 31.4 Å². The van der Waals surface area contributed by atoms with Gasteiger partial charge in [-0.15, -0.1) is 0 Å². The minimum Gasteiger partial charge on any atom is -0.368 e. The molecule has 1 aliphatic rings. The third kappa shape index (κ3) is 2.46. The van der Waals surface area contributed by atoms with E-state index in [1.807, 2.05) is 19.9 Å². The largest absolute Gasteiger partial charge is 0.368 e. The Balaban J connectivity index is 2.44. The maximum Gasteiger partial charge on any atom is 0.252 e. The molecule has 1 saturated heterocycles. The molecule has 1 aromatic heterocycles. The summed E-state index contributed by atoms with van der Waals surface area (Å²) in [4.78, 5) is 18.2. The molecule has 0 radical (unpaired) electrons. The number of aryl methyl sites for hydroxylation is 2. The quantitative estimate of drug-likeness (QED) is 0.804. The van der Waals surface area contributed by atoms with Gasteiger partial charge < -0.3 is 16.0 Å². The summed E-state index contributed by atoms with van der Waals surface area (Å²) < 4.78 is 0. The number of primary amides is 1. The molecule has 1 amide bonds. The Morgan fingerprint density at radius 2 is 2.28 bits per heavy atom. The monoisotopic (exact) mass is 248 g/mol. The van der Waals surface area contributed by atoms with E-state index in [4.69, 9.17) is 5.73 Å². The molecule has 1 unspecified atom stereocenters. The van der Waals surface area contributed by atoms with Crippen molar-refractivity contribution in [2.75, 3.05) is 24.5 Å². The highest BCUT2D eigenvalue weighted by Gasteiger charge is 2.22. The lowest BCUT2D eigenvalue weighted by molar-refractivity contribution is 0.0999. The van der Waals surface area contributed by atoms with Crippen LogP contribution in [-0.4, -0.2) is 36.6 Å². The first-order chi connectivity index (χ1) is 8.49. The maximum atomic E-state index is 11.6. The van der Waals surface area contributed by atoms with Gasteiger partial charge in [0.15, 0.2) is 0 Å². The van der Waals surface area contributed by atoms with Crippen LogP contribution in [0.5, 0.6) is 0 Å². The molecule has 1 atom stereocenters. The number of nitrogens with one attached hydrogen (secondary N) is 1. The molecule has 0 spiro atoms. The third-order valence-electron chi connectivity index (χ3n) is 3.26. The zero-order valence-corrected chi connectivity index (χ0v) is 11.2. The van der Waals surface area contributed by atoms with Gasteiger partial charge in [-0.25, -0.2) is 0 Å². The number of pyridine rings is 1. The number of amides is 1. The molecule has 3 N–H and O–H groups in total. The van der Waals surface area contributed by atoms with E-state index in [-0.39, 0.29) is 0 Å². The first kappa shape index (κ1) is 12.8. The van der Waals surface area contributed by atoms with Gasteiger partial charge in [0.2, 0.25) is 0 Å². The van der Waals surface area contributed by atoms with Crippen LogP contribution in [0.3, 0.4) is 0 Å². The molecule has 0 aliphatic carbocycles. The Labute approximate surface area is 107 Å². The first-order valence-electron chi connectivity index (χ1n) is 6.25. The number of aromatic nitrogens is 1. The molecule has 18 heavy (non-hydrogen) atoms. The Morgan fingerprint density at radius 1 is 1.56 bits per heavy atom. The maximum absolute atomic E-state index is 11.6. The van der Waals surface area contributed by atoms with E-state index in [1.54, 1.807) is 0 Å². The Hall–Kier alpha value is -1.62. The number of carbonyl (C=O) groups is 1. The molecule has 2 heterocycles. The van der Waals surface area contributed by atoms with E-state index in [9.17, 15) is 4.79 Å². The number of rotatable bonds is 2. The van der Waals surface area contributed by atoms with Gasteiger partial charge in [0.25, 0.3) is 5.91 Å². The molecular formula is C13H20N4O. The van der Waals surface area contributed by atoms with E-state index >= 15 is 0 Å². The summed E-state index contributed by atoms with van der Waals surface area (Å²) in [5.74, 6) is -0.402. The van der Waals surface area contributed by atoms with Crippen molar-refractivity contribution < 1.29 is 4.79 Å². The molecule has 98 valence electrons. The van der Waals surface area contributed by atoms with Crippen LogP contribution >= 0.6 is 0 Å². The summed E-state index contributed by atoms with van der Waals surface area (Å²) in [6, 6.07) is 2.36. The molecule has 5 heteroatoms. The second-order valence-electron chi connectivity index (χ2n) is 4.91. The molecule has 1 aliphatic heterocycles. The number of piperazine rings is 1. The van der Waals surface area contributed by atoms with Crippen molar-refractivity contribution in [1.82, 2.24) is 10.3 Å². The molecule has 5 nitrogen and oxygen atoms in total. The van der Waals surface area contributed by atoms with E-state index in [1.165, 1.54) is 0 Å². The van der Waals surface area contributed by atoms with E-state index < -0.39 is 5.91 Å². The van der Waals surface area contributed by atoms with Gasteiger partial charge in [0.05, 0.1) is 16.9 Å². The zero-order chi connectivity index (χ0) is 13.3. The Kier molecular flexibility index (Phi) is 3.52. The van der Waals surface area contributed by atoms with Crippen molar-refractivity contribution in [2.45, 2.75) is 26.8 Å². The van der Waals surface area contributed by atoms with Crippen molar-refractivity contribution in [3.05, 3.63) is 23.0 Å². The number of nitrogens with zero attached hydrogens (tertiary/aromatic N) is 2. The molecule has 1 fully saturated rings. The standard InChI is InChI=1S/C13H20N4O/c1-8-6-11(12(13(14)18)10(3)16-8)17-5-4-15-9(2)7-17/h6,9,15H,4-5,7H2,1-3H3,(H2,14,18). The summed E-state index contributed by atoms with van der Waals surface area (Å²) in [5.41, 5.74) is 8.58. The van der Waals surface area contributed by atoms with Crippen LogP contribution < -0.4 is 16.0 Å². The minimum atomic E-state index is -0.402. The molecule has 0 bridgehead atoms. The fourth-order valence-corrected chi connectivity index (χ4v) is 2.51. The fourth-order valence-electron chi connectivity index (χ4n) is 2.51. The second-order valence-corrected chi connectivity index (χ2v) is 4.91. The number of nitrogens with two attached hydrogens (primary N) is 1. The molecule has 2 rings (SSSR count).